The Hall–Kier alpha value is -4.13. The van der Waals surface area contributed by atoms with Crippen molar-refractivity contribution >= 4 is 16.9 Å². The SMILES string of the molecule is C=C(F)C(=O)N1CC(n2nc(-c3ccc(C(F)(F)F)cc3)c3nccc(-c4nc(C5CCN(C)CC5)no4)c32)C1. The van der Waals surface area contributed by atoms with E-state index in [2.05, 4.69) is 28.7 Å². The topological polar surface area (TPSA) is 93.2 Å². The summed E-state index contributed by atoms with van der Waals surface area (Å²) in [4.78, 5) is 24.8. The van der Waals surface area contributed by atoms with Crippen LogP contribution in [0.15, 0.2) is 53.5 Å². The predicted octanol–water partition coefficient (Wildman–Crippen LogP) is 4.84. The number of aromatic nitrogens is 5. The summed E-state index contributed by atoms with van der Waals surface area (Å²) in [7, 11) is 2.07. The van der Waals surface area contributed by atoms with Gasteiger partial charge in [-0.3, -0.25) is 14.5 Å². The number of halogens is 4. The number of likely N-dealkylation sites (tertiary alicyclic amines) is 2. The highest BCUT2D eigenvalue weighted by Crippen LogP contribution is 2.38. The van der Waals surface area contributed by atoms with Crippen molar-refractivity contribution in [3.05, 3.63) is 60.3 Å². The van der Waals surface area contributed by atoms with Crippen molar-refractivity contribution in [2.75, 3.05) is 33.2 Å². The van der Waals surface area contributed by atoms with E-state index in [0.29, 0.717) is 33.7 Å². The first kappa shape index (κ1) is 26.1. The van der Waals surface area contributed by atoms with Gasteiger partial charge in [0.15, 0.2) is 11.7 Å². The van der Waals surface area contributed by atoms with E-state index in [0.717, 1.165) is 38.1 Å². The lowest BCUT2D eigenvalue weighted by atomic mass is 9.96. The van der Waals surface area contributed by atoms with Crippen LogP contribution < -0.4 is 0 Å². The summed E-state index contributed by atoms with van der Waals surface area (Å²) in [5.41, 5.74) is 1.54. The molecule has 1 aromatic carbocycles. The fraction of sp³-hybridized carbons (Fsp3) is 0.370. The number of carbonyl (C=O) groups excluding carboxylic acids is 1. The molecule has 3 aromatic heterocycles. The molecule has 0 radical (unpaired) electrons. The van der Waals surface area contributed by atoms with Gasteiger partial charge in [-0.05, 0) is 51.2 Å². The molecule has 0 saturated carbocycles. The van der Waals surface area contributed by atoms with E-state index >= 15 is 0 Å². The number of piperidine rings is 1. The second kappa shape index (κ2) is 9.81. The van der Waals surface area contributed by atoms with E-state index in [9.17, 15) is 22.4 Å². The summed E-state index contributed by atoms with van der Waals surface area (Å²) in [6.07, 6.45) is -1.11. The van der Waals surface area contributed by atoms with Crippen LogP contribution in [-0.4, -0.2) is 73.8 Å². The zero-order valence-corrected chi connectivity index (χ0v) is 21.5. The molecule has 6 rings (SSSR count). The third-order valence-corrected chi connectivity index (χ3v) is 7.55. The summed E-state index contributed by atoms with van der Waals surface area (Å²) in [6, 6.07) is 6.05. The number of alkyl halides is 3. The van der Waals surface area contributed by atoms with Crippen LogP contribution in [0.1, 0.15) is 36.2 Å². The number of amides is 1. The molecule has 1 amide bonds. The largest absolute Gasteiger partial charge is 0.416 e. The number of pyridine rings is 1. The van der Waals surface area contributed by atoms with Gasteiger partial charge in [-0.25, -0.2) is 4.39 Å². The number of rotatable bonds is 5. The number of benzene rings is 1. The van der Waals surface area contributed by atoms with Crippen LogP contribution in [0.2, 0.25) is 0 Å². The van der Waals surface area contributed by atoms with Gasteiger partial charge in [0.25, 0.3) is 11.8 Å². The summed E-state index contributed by atoms with van der Waals surface area (Å²) in [5.74, 6) is -0.800. The summed E-state index contributed by atoms with van der Waals surface area (Å²) in [5, 5.41) is 8.97. The van der Waals surface area contributed by atoms with Gasteiger partial charge in [-0.2, -0.15) is 23.3 Å². The number of hydrogen-bond donors (Lipinski definition) is 0. The molecule has 0 N–H and O–H groups in total. The molecule has 0 atom stereocenters. The Bertz CT molecular complexity index is 1580. The average molecular weight is 556 g/mol. The number of nitrogens with zero attached hydrogens (tertiary/aromatic N) is 7. The number of carbonyl (C=O) groups is 1. The van der Waals surface area contributed by atoms with Crippen LogP contribution >= 0.6 is 0 Å². The van der Waals surface area contributed by atoms with Crippen molar-refractivity contribution in [3.8, 4) is 22.7 Å². The molecule has 0 bridgehead atoms. The zero-order valence-electron chi connectivity index (χ0n) is 21.5. The highest BCUT2D eigenvalue weighted by Gasteiger charge is 2.37. The fourth-order valence-corrected chi connectivity index (χ4v) is 5.24. The van der Waals surface area contributed by atoms with E-state index in [-0.39, 0.29) is 30.9 Å². The maximum absolute atomic E-state index is 13.4. The third-order valence-electron chi connectivity index (χ3n) is 7.55. The van der Waals surface area contributed by atoms with Crippen molar-refractivity contribution < 1.29 is 26.9 Å². The van der Waals surface area contributed by atoms with Crippen molar-refractivity contribution in [1.82, 2.24) is 34.7 Å². The van der Waals surface area contributed by atoms with Crippen LogP contribution in [0.4, 0.5) is 17.6 Å². The summed E-state index contributed by atoms with van der Waals surface area (Å²) < 4.78 is 60.3. The van der Waals surface area contributed by atoms with Crippen LogP contribution in [-0.2, 0) is 11.0 Å². The average Bonchev–Trinajstić information content (AvgIpc) is 3.54. The summed E-state index contributed by atoms with van der Waals surface area (Å²) >= 11 is 0. The first-order valence-electron chi connectivity index (χ1n) is 12.8. The quantitative estimate of drug-likeness (QED) is 0.257. The molecule has 2 aliphatic rings. The smallest absolute Gasteiger partial charge is 0.334 e. The van der Waals surface area contributed by atoms with Crippen molar-refractivity contribution in [3.63, 3.8) is 0 Å². The molecular weight excluding hydrogens is 530 g/mol. The standard InChI is InChI=1S/C27H25F4N7O2/c1-15(28)26(39)37-13-19(14-37)38-23-20(25-33-24(35-40-25)17-8-11-36(2)12-9-17)7-10-32-22(23)21(34-38)16-3-5-18(6-4-16)27(29,30)31/h3-7,10,17,19H,1,8-9,11-14H2,2H3. The normalized spacial score (nSPS) is 17.4. The van der Waals surface area contributed by atoms with E-state index < -0.39 is 23.5 Å². The molecule has 5 heterocycles. The maximum atomic E-state index is 13.4. The monoisotopic (exact) mass is 555 g/mol. The van der Waals surface area contributed by atoms with Crippen LogP contribution in [0.3, 0.4) is 0 Å². The van der Waals surface area contributed by atoms with Crippen LogP contribution in [0, 0.1) is 0 Å². The molecule has 0 spiro atoms. The Morgan fingerprint density at radius 1 is 1.10 bits per heavy atom. The molecular formula is C27H25F4N7O2. The number of fused-ring (bicyclic) bond motifs is 1. The minimum Gasteiger partial charge on any atom is -0.334 e. The molecule has 2 fully saturated rings. The minimum atomic E-state index is -4.48. The van der Waals surface area contributed by atoms with E-state index in [1.165, 1.54) is 17.0 Å². The van der Waals surface area contributed by atoms with E-state index in [1.54, 1.807) is 16.9 Å². The van der Waals surface area contributed by atoms with Gasteiger partial charge in [0.2, 0.25) is 0 Å². The molecule has 2 aliphatic heterocycles. The zero-order chi connectivity index (χ0) is 28.2. The maximum Gasteiger partial charge on any atom is 0.416 e. The lowest BCUT2D eigenvalue weighted by Crippen LogP contribution is -2.51. The van der Waals surface area contributed by atoms with E-state index in [4.69, 9.17) is 14.6 Å². The van der Waals surface area contributed by atoms with Gasteiger partial charge in [0.05, 0.1) is 17.2 Å². The Morgan fingerprint density at radius 3 is 2.45 bits per heavy atom. The highest BCUT2D eigenvalue weighted by molar-refractivity contribution is 5.98. The third kappa shape index (κ3) is 4.63. The number of hydrogen-bond acceptors (Lipinski definition) is 7. The Labute approximate surface area is 226 Å². The lowest BCUT2D eigenvalue weighted by Gasteiger charge is -2.39. The van der Waals surface area contributed by atoms with Crippen molar-refractivity contribution in [1.29, 1.82) is 0 Å². The second-order valence-electron chi connectivity index (χ2n) is 10.2. The minimum absolute atomic E-state index is 0.165. The molecule has 4 aromatic rings. The Kier molecular flexibility index (Phi) is 6.40. The van der Waals surface area contributed by atoms with Gasteiger partial charge in [-0.15, -0.1) is 0 Å². The van der Waals surface area contributed by atoms with Crippen molar-refractivity contribution in [2.24, 2.45) is 0 Å². The Morgan fingerprint density at radius 2 is 1.80 bits per heavy atom. The highest BCUT2D eigenvalue weighted by atomic mass is 19.4. The molecule has 0 aliphatic carbocycles. The second-order valence-corrected chi connectivity index (χ2v) is 10.2. The van der Waals surface area contributed by atoms with Crippen molar-refractivity contribution in [2.45, 2.75) is 31.0 Å². The molecule has 40 heavy (non-hydrogen) atoms. The molecule has 208 valence electrons. The van der Waals surface area contributed by atoms with Crippen LogP contribution in [0.5, 0.6) is 0 Å². The molecule has 9 nitrogen and oxygen atoms in total. The predicted molar refractivity (Wildman–Crippen MR) is 137 cm³/mol. The Balaban J connectivity index is 1.42. The first-order chi connectivity index (χ1) is 19.1. The molecule has 13 heteroatoms. The fourth-order valence-electron chi connectivity index (χ4n) is 5.24. The lowest BCUT2D eigenvalue weighted by molar-refractivity contribution is -0.137. The van der Waals surface area contributed by atoms with Gasteiger partial charge < -0.3 is 14.3 Å². The van der Waals surface area contributed by atoms with Gasteiger partial charge in [0, 0.05) is 30.8 Å². The van der Waals surface area contributed by atoms with Gasteiger partial charge in [0.1, 0.15) is 16.7 Å². The first-order valence-corrected chi connectivity index (χ1v) is 12.8. The van der Waals surface area contributed by atoms with Gasteiger partial charge >= 0.3 is 6.18 Å². The summed E-state index contributed by atoms with van der Waals surface area (Å²) in [6.45, 7) is 5.27. The van der Waals surface area contributed by atoms with E-state index in [1.807, 2.05) is 0 Å². The van der Waals surface area contributed by atoms with Gasteiger partial charge in [-0.1, -0.05) is 23.9 Å². The molecule has 2 saturated heterocycles. The van der Waals surface area contributed by atoms with Crippen LogP contribution in [0.25, 0.3) is 33.7 Å². The molecule has 0 unspecified atom stereocenters.